The molecular formula is C17H22N2O3S. The van der Waals surface area contributed by atoms with Gasteiger partial charge in [-0.25, -0.2) is 13.1 Å². The molecule has 2 N–H and O–H groups in total. The fourth-order valence-corrected chi connectivity index (χ4v) is 4.72. The highest BCUT2D eigenvalue weighted by atomic mass is 32.2. The fourth-order valence-electron chi connectivity index (χ4n) is 3.25. The lowest BCUT2D eigenvalue weighted by Gasteiger charge is -2.27. The molecule has 1 aliphatic rings. The van der Waals surface area contributed by atoms with Gasteiger partial charge in [0.1, 0.15) is 0 Å². The Kier molecular flexibility index (Phi) is 4.94. The number of pyridine rings is 1. The zero-order chi connectivity index (χ0) is 16.3. The van der Waals surface area contributed by atoms with E-state index in [0.29, 0.717) is 5.92 Å². The Bertz CT molecular complexity index is 763. The molecule has 23 heavy (non-hydrogen) atoms. The smallest absolute Gasteiger partial charge is 0.216 e. The molecule has 1 aliphatic carbocycles. The minimum atomic E-state index is -3.40. The maximum absolute atomic E-state index is 12.5. The summed E-state index contributed by atoms with van der Waals surface area (Å²) < 4.78 is 27.8. The average molecular weight is 334 g/mol. The molecule has 0 saturated heterocycles. The van der Waals surface area contributed by atoms with Crippen LogP contribution in [0.1, 0.15) is 31.2 Å². The van der Waals surface area contributed by atoms with E-state index in [9.17, 15) is 8.42 Å². The Morgan fingerprint density at radius 1 is 1.13 bits per heavy atom. The van der Waals surface area contributed by atoms with Gasteiger partial charge in [0, 0.05) is 24.2 Å². The Hall–Kier alpha value is -1.50. The highest BCUT2D eigenvalue weighted by Gasteiger charge is 2.25. The van der Waals surface area contributed by atoms with Gasteiger partial charge < -0.3 is 5.11 Å². The van der Waals surface area contributed by atoms with Crippen molar-refractivity contribution >= 4 is 20.9 Å². The number of aliphatic hydroxyl groups is 1. The summed E-state index contributed by atoms with van der Waals surface area (Å²) in [4.78, 5) is 4.31. The second kappa shape index (κ2) is 6.95. The van der Waals surface area contributed by atoms with E-state index >= 15 is 0 Å². The second-order valence-corrected chi connectivity index (χ2v) is 8.02. The van der Waals surface area contributed by atoms with Crippen LogP contribution in [0.25, 0.3) is 10.9 Å². The van der Waals surface area contributed by atoms with Crippen molar-refractivity contribution in [3.05, 3.63) is 42.1 Å². The van der Waals surface area contributed by atoms with E-state index in [0.717, 1.165) is 42.1 Å². The van der Waals surface area contributed by atoms with Crippen LogP contribution in [-0.4, -0.2) is 31.2 Å². The largest absolute Gasteiger partial charge is 0.396 e. The van der Waals surface area contributed by atoms with Crippen molar-refractivity contribution in [3.63, 3.8) is 0 Å². The number of nitrogens with one attached hydrogen (secondary N) is 1. The van der Waals surface area contributed by atoms with E-state index in [1.807, 2.05) is 30.3 Å². The van der Waals surface area contributed by atoms with Gasteiger partial charge in [-0.05, 0) is 43.2 Å². The van der Waals surface area contributed by atoms with Crippen LogP contribution in [0.15, 0.2) is 36.5 Å². The Morgan fingerprint density at radius 3 is 2.61 bits per heavy atom. The molecule has 124 valence electrons. The van der Waals surface area contributed by atoms with Crippen molar-refractivity contribution in [2.45, 2.75) is 37.5 Å². The van der Waals surface area contributed by atoms with Crippen LogP contribution in [0.2, 0.25) is 0 Å². The molecule has 0 amide bonds. The average Bonchev–Trinajstić information content (AvgIpc) is 2.55. The minimum Gasteiger partial charge on any atom is -0.396 e. The summed E-state index contributed by atoms with van der Waals surface area (Å²) in [7, 11) is -3.40. The lowest BCUT2D eigenvalue weighted by molar-refractivity contribution is 0.180. The van der Waals surface area contributed by atoms with Crippen LogP contribution in [0.4, 0.5) is 0 Å². The van der Waals surface area contributed by atoms with Gasteiger partial charge in [-0.15, -0.1) is 0 Å². The molecule has 2 aromatic rings. The molecule has 0 spiro atoms. The first kappa shape index (κ1) is 16.4. The van der Waals surface area contributed by atoms with Gasteiger partial charge in [0.2, 0.25) is 10.0 Å². The van der Waals surface area contributed by atoms with E-state index in [4.69, 9.17) is 5.11 Å². The molecule has 0 radical (unpaired) electrons. The van der Waals surface area contributed by atoms with E-state index < -0.39 is 10.0 Å². The fraction of sp³-hybridized carbons (Fsp3) is 0.471. The van der Waals surface area contributed by atoms with Crippen molar-refractivity contribution in [2.24, 2.45) is 5.92 Å². The van der Waals surface area contributed by atoms with Gasteiger partial charge in [0.15, 0.2) is 0 Å². The normalized spacial score (nSPS) is 22.3. The van der Waals surface area contributed by atoms with E-state index in [1.54, 1.807) is 6.20 Å². The summed E-state index contributed by atoms with van der Waals surface area (Å²) in [6, 6.07) is 9.37. The molecule has 0 aliphatic heterocycles. The molecule has 1 aromatic heterocycles. The Morgan fingerprint density at radius 2 is 1.87 bits per heavy atom. The summed E-state index contributed by atoms with van der Waals surface area (Å²) in [5, 5.41) is 10.1. The molecule has 0 unspecified atom stereocenters. The molecule has 1 saturated carbocycles. The number of fused-ring (bicyclic) bond motifs is 1. The highest BCUT2D eigenvalue weighted by molar-refractivity contribution is 7.88. The molecule has 1 fully saturated rings. The quantitative estimate of drug-likeness (QED) is 0.878. The van der Waals surface area contributed by atoms with Crippen LogP contribution in [0.5, 0.6) is 0 Å². The number of aliphatic hydroxyl groups excluding tert-OH is 1. The van der Waals surface area contributed by atoms with Crippen molar-refractivity contribution < 1.29 is 13.5 Å². The molecule has 1 heterocycles. The summed E-state index contributed by atoms with van der Waals surface area (Å²) in [5.41, 5.74) is 1.46. The highest BCUT2D eigenvalue weighted by Crippen LogP contribution is 2.25. The zero-order valence-corrected chi connectivity index (χ0v) is 13.8. The Balaban J connectivity index is 1.71. The maximum Gasteiger partial charge on any atom is 0.216 e. The lowest BCUT2D eigenvalue weighted by Crippen LogP contribution is -2.38. The molecule has 5 nitrogen and oxygen atoms in total. The number of benzene rings is 1. The number of rotatable bonds is 5. The van der Waals surface area contributed by atoms with Gasteiger partial charge >= 0.3 is 0 Å². The third-order valence-corrected chi connectivity index (χ3v) is 5.90. The number of hydrogen-bond donors (Lipinski definition) is 2. The van der Waals surface area contributed by atoms with Gasteiger partial charge in [-0.3, -0.25) is 4.98 Å². The molecule has 3 rings (SSSR count). The number of sulfonamides is 1. The SMILES string of the molecule is O=S(=O)(Cc1cccc2cccnc12)NC1CCC(CO)CC1. The van der Waals surface area contributed by atoms with Crippen molar-refractivity contribution in [2.75, 3.05) is 6.61 Å². The van der Waals surface area contributed by atoms with Crippen molar-refractivity contribution in [1.82, 2.24) is 9.71 Å². The van der Waals surface area contributed by atoms with Crippen molar-refractivity contribution in [1.29, 1.82) is 0 Å². The van der Waals surface area contributed by atoms with E-state index in [-0.39, 0.29) is 18.4 Å². The third kappa shape index (κ3) is 4.07. The first-order valence-electron chi connectivity index (χ1n) is 8.01. The summed E-state index contributed by atoms with van der Waals surface area (Å²) in [6.07, 6.45) is 5.01. The number of para-hydroxylation sites is 1. The third-order valence-electron chi connectivity index (χ3n) is 4.51. The van der Waals surface area contributed by atoms with Crippen LogP contribution in [0, 0.1) is 5.92 Å². The summed E-state index contributed by atoms with van der Waals surface area (Å²) in [6.45, 7) is 0.196. The van der Waals surface area contributed by atoms with Crippen LogP contribution >= 0.6 is 0 Å². The predicted octanol–water partition coefficient (Wildman–Crippen LogP) is 2.21. The molecule has 0 atom stereocenters. The number of aromatic nitrogens is 1. The molecule has 6 heteroatoms. The zero-order valence-electron chi connectivity index (χ0n) is 13.0. The van der Waals surface area contributed by atoms with Gasteiger partial charge in [-0.1, -0.05) is 24.3 Å². The molecule has 0 bridgehead atoms. The predicted molar refractivity (Wildman–Crippen MR) is 90.3 cm³/mol. The van der Waals surface area contributed by atoms with Crippen LogP contribution < -0.4 is 4.72 Å². The lowest BCUT2D eigenvalue weighted by atomic mass is 9.87. The van der Waals surface area contributed by atoms with Crippen molar-refractivity contribution in [3.8, 4) is 0 Å². The summed E-state index contributed by atoms with van der Waals surface area (Å²) in [5.74, 6) is 0.263. The first-order valence-corrected chi connectivity index (χ1v) is 9.66. The van der Waals surface area contributed by atoms with Gasteiger partial charge in [-0.2, -0.15) is 0 Å². The monoisotopic (exact) mass is 334 g/mol. The minimum absolute atomic E-state index is 0.0225. The van der Waals surface area contributed by atoms with Gasteiger partial charge in [0.05, 0.1) is 11.3 Å². The summed E-state index contributed by atoms with van der Waals surface area (Å²) >= 11 is 0. The van der Waals surface area contributed by atoms with Crippen LogP contribution in [-0.2, 0) is 15.8 Å². The number of nitrogens with zero attached hydrogens (tertiary/aromatic N) is 1. The molecular weight excluding hydrogens is 312 g/mol. The Labute approximate surface area is 136 Å². The van der Waals surface area contributed by atoms with Crippen LogP contribution in [0.3, 0.4) is 0 Å². The standard InChI is InChI=1S/C17H22N2O3S/c20-11-13-6-8-16(9-7-13)19-23(21,22)12-15-4-1-3-14-5-2-10-18-17(14)15/h1-5,10,13,16,19-20H,6-9,11-12H2. The number of hydrogen-bond acceptors (Lipinski definition) is 4. The van der Waals surface area contributed by atoms with E-state index in [1.165, 1.54) is 0 Å². The van der Waals surface area contributed by atoms with Gasteiger partial charge in [0.25, 0.3) is 0 Å². The van der Waals surface area contributed by atoms with E-state index in [2.05, 4.69) is 9.71 Å². The maximum atomic E-state index is 12.5. The topological polar surface area (TPSA) is 79.3 Å². The molecule has 1 aromatic carbocycles. The first-order chi connectivity index (χ1) is 11.1. The second-order valence-electron chi connectivity index (χ2n) is 6.27.